The summed E-state index contributed by atoms with van der Waals surface area (Å²) in [5.74, 6) is 0.498. The van der Waals surface area contributed by atoms with Gasteiger partial charge in [0.2, 0.25) is 0 Å². The number of rotatable bonds is 6. The minimum absolute atomic E-state index is 0.106. The van der Waals surface area contributed by atoms with E-state index in [2.05, 4.69) is 31.1 Å². The van der Waals surface area contributed by atoms with E-state index in [0.717, 1.165) is 26.5 Å². The van der Waals surface area contributed by atoms with Crippen molar-refractivity contribution in [3.8, 4) is 16.3 Å². The number of carbonyl (C=O) groups is 1. The van der Waals surface area contributed by atoms with Crippen LogP contribution in [0.25, 0.3) is 10.6 Å². The van der Waals surface area contributed by atoms with Crippen molar-refractivity contribution in [1.29, 1.82) is 0 Å². The van der Waals surface area contributed by atoms with Crippen LogP contribution >= 0.6 is 27.3 Å². The van der Waals surface area contributed by atoms with E-state index in [9.17, 15) is 4.79 Å². The van der Waals surface area contributed by atoms with Gasteiger partial charge in [-0.1, -0.05) is 29.8 Å². The van der Waals surface area contributed by atoms with Gasteiger partial charge < -0.3 is 9.47 Å². The zero-order valence-corrected chi connectivity index (χ0v) is 17.0. The fraction of sp³-hybridized carbons (Fsp3) is 0.278. The largest absolute Gasteiger partial charge is 0.496 e. The first-order valence-electron chi connectivity index (χ1n) is 7.98. The lowest BCUT2D eigenvalue weighted by Gasteiger charge is -2.07. The molecule has 0 fully saturated rings. The molecule has 0 aliphatic carbocycles. The molecule has 8 heteroatoms. The van der Waals surface area contributed by atoms with Gasteiger partial charge in [0.15, 0.2) is 0 Å². The fourth-order valence-electron chi connectivity index (χ4n) is 2.46. The number of hydrogen-bond acceptors (Lipinski definition) is 6. The zero-order valence-electron chi connectivity index (χ0n) is 14.6. The number of aromatic nitrogens is 3. The van der Waals surface area contributed by atoms with Crippen LogP contribution in [0.2, 0.25) is 0 Å². The normalized spacial score (nSPS) is 11.0. The SMILES string of the molecule is COc1ccc(Br)cc1-c1nc(COC(=O)c2cn[nH]c2C(C)C)cs1. The van der Waals surface area contributed by atoms with Crippen LogP contribution < -0.4 is 4.74 Å². The zero-order chi connectivity index (χ0) is 18.7. The summed E-state index contributed by atoms with van der Waals surface area (Å²) in [6.45, 7) is 4.08. The maximum absolute atomic E-state index is 12.3. The summed E-state index contributed by atoms with van der Waals surface area (Å²) >= 11 is 4.94. The van der Waals surface area contributed by atoms with Crippen molar-refractivity contribution in [3.63, 3.8) is 0 Å². The molecule has 0 radical (unpaired) electrons. The van der Waals surface area contributed by atoms with Crippen molar-refractivity contribution in [2.75, 3.05) is 7.11 Å². The molecule has 0 saturated carbocycles. The second kappa shape index (κ2) is 8.01. The number of hydrogen-bond donors (Lipinski definition) is 1. The molecule has 0 bridgehead atoms. The van der Waals surface area contributed by atoms with Gasteiger partial charge in [0, 0.05) is 9.85 Å². The van der Waals surface area contributed by atoms with Crippen LogP contribution in [0.15, 0.2) is 34.2 Å². The average Bonchev–Trinajstić information content (AvgIpc) is 3.29. The van der Waals surface area contributed by atoms with Crippen LogP contribution in [0.5, 0.6) is 5.75 Å². The molecule has 1 N–H and O–H groups in total. The average molecular weight is 436 g/mol. The third kappa shape index (κ3) is 3.96. The molecule has 1 aromatic carbocycles. The quantitative estimate of drug-likeness (QED) is 0.563. The first kappa shape index (κ1) is 18.6. The Balaban J connectivity index is 1.72. The van der Waals surface area contributed by atoms with Gasteiger partial charge in [0.1, 0.15) is 22.9 Å². The van der Waals surface area contributed by atoms with Crippen molar-refractivity contribution >= 4 is 33.2 Å². The van der Waals surface area contributed by atoms with Crippen molar-refractivity contribution in [2.45, 2.75) is 26.4 Å². The molecule has 3 rings (SSSR count). The Morgan fingerprint density at radius 2 is 2.19 bits per heavy atom. The summed E-state index contributed by atoms with van der Waals surface area (Å²) < 4.78 is 11.7. The predicted octanol–water partition coefficient (Wildman–Crippen LogP) is 4.78. The third-order valence-corrected chi connectivity index (χ3v) is 5.18. The van der Waals surface area contributed by atoms with Gasteiger partial charge >= 0.3 is 5.97 Å². The first-order chi connectivity index (χ1) is 12.5. The summed E-state index contributed by atoms with van der Waals surface area (Å²) in [6, 6.07) is 5.75. The summed E-state index contributed by atoms with van der Waals surface area (Å²) in [4.78, 5) is 16.9. The highest BCUT2D eigenvalue weighted by Gasteiger charge is 2.18. The second-order valence-corrected chi connectivity index (χ2v) is 7.69. The van der Waals surface area contributed by atoms with Crippen LogP contribution in [-0.2, 0) is 11.3 Å². The number of ether oxygens (including phenoxy) is 2. The van der Waals surface area contributed by atoms with Crippen molar-refractivity contribution in [2.24, 2.45) is 0 Å². The third-order valence-electron chi connectivity index (χ3n) is 3.76. The molecule has 136 valence electrons. The Hall–Kier alpha value is -2.19. The van der Waals surface area contributed by atoms with Crippen LogP contribution in [-0.4, -0.2) is 28.3 Å². The first-order valence-corrected chi connectivity index (χ1v) is 9.65. The topological polar surface area (TPSA) is 77.1 Å². The van der Waals surface area contributed by atoms with Crippen LogP contribution in [0.4, 0.5) is 0 Å². The fourth-order valence-corrected chi connectivity index (χ4v) is 3.65. The van der Waals surface area contributed by atoms with Crippen LogP contribution in [0, 0.1) is 0 Å². The van der Waals surface area contributed by atoms with Gasteiger partial charge in [0.25, 0.3) is 0 Å². The Labute approximate surface area is 163 Å². The summed E-state index contributed by atoms with van der Waals surface area (Å²) in [7, 11) is 1.63. The highest BCUT2D eigenvalue weighted by atomic mass is 79.9. The lowest BCUT2D eigenvalue weighted by Crippen LogP contribution is -2.08. The Morgan fingerprint density at radius 1 is 1.38 bits per heavy atom. The molecule has 3 aromatic rings. The van der Waals surface area contributed by atoms with Gasteiger partial charge in [-0.25, -0.2) is 9.78 Å². The number of carbonyl (C=O) groups excluding carboxylic acids is 1. The molecule has 0 saturated heterocycles. The molecule has 6 nitrogen and oxygen atoms in total. The predicted molar refractivity (Wildman–Crippen MR) is 104 cm³/mol. The summed E-state index contributed by atoms with van der Waals surface area (Å²) in [5, 5.41) is 9.46. The van der Waals surface area contributed by atoms with E-state index in [1.807, 2.05) is 37.4 Å². The maximum Gasteiger partial charge on any atom is 0.342 e. The molecular formula is C18H18BrN3O3S. The molecule has 0 aliphatic rings. The van der Waals surface area contributed by atoms with E-state index in [1.54, 1.807) is 7.11 Å². The van der Waals surface area contributed by atoms with Gasteiger partial charge in [-0.15, -0.1) is 11.3 Å². The van der Waals surface area contributed by atoms with Gasteiger partial charge in [-0.3, -0.25) is 5.10 Å². The number of nitrogens with zero attached hydrogens (tertiary/aromatic N) is 2. The highest BCUT2D eigenvalue weighted by Crippen LogP contribution is 2.34. The summed E-state index contributed by atoms with van der Waals surface area (Å²) in [5.41, 5.74) is 2.81. The number of H-pyrrole nitrogens is 1. The van der Waals surface area contributed by atoms with Crippen molar-refractivity contribution in [1.82, 2.24) is 15.2 Å². The monoisotopic (exact) mass is 435 g/mol. The highest BCUT2D eigenvalue weighted by molar-refractivity contribution is 9.10. The van der Waals surface area contributed by atoms with Crippen LogP contribution in [0.3, 0.4) is 0 Å². The molecule has 2 aromatic heterocycles. The number of benzene rings is 1. The Morgan fingerprint density at radius 3 is 2.92 bits per heavy atom. The minimum atomic E-state index is -0.406. The van der Waals surface area contributed by atoms with Crippen molar-refractivity contribution in [3.05, 3.63) is 51.2 Å². The van der Waals surface area contributed by atoms with E-state index in [-0.39, 0.29) is 12.5 Å². The lowest BCUT2D eigenvalue weighted by molar-refractivity contribution is 0.0467. The molecule has 0 unspecified atom stereocenters. The molecule has 0 atom stereocenters. The molecule has 0 aliphatic heterocycles. The molecule has 26 heavy (non-hydrogen) atoms. The number of halogens is 1. The minimum Gasteiger partial charge on any atom is -0.496 e. The number of nitrogens with one attached hydrogen (secondary N) is 1. The van der Waals surface area contributed by atoms with Gasteiger partial charge in [-0.05, 0) is 24.1 Å². The number of aromatic amines is 1. The maximum atomic E-state index is 12.3. The van der Waals surface area contributed by atoms with Crippen molar-refractivity contribution < 1.29 is 14.3 Å². The van der Waals surface area contributed by atoms with E-state index in [1.165, 1.54) is 17.5 Å². The molecule has 2 heterocycles. The summed E-state index contributed by atoms with van der Waals surface area (Å²) in [6.07, 6.45) is 1.50. The van der Waals surface area contributed by atoms with E-state index >= 15 is 0 Å². The standard InChI is InChI=1S/C18H18BrN3O3S/c1-10(2)16-14(7-20-22-16)18(23)25-8-12-9-26-17(21-12)13-6-11(19)4-5-15(13)24-3/h4-7,9-10H,8H2,1-3H3,(H,20,22). The molecule has 0 spiro atoms. The number of methoxy groups -OCH3 is 1. The Bertz CT molecular complexity index is 920. The van der Waals surface area contributed by atoms with E-state index < -0.39 is 5.97 Å². The Kier molecular flexibility index (Phi) is 5.73. The van der Waals surface area contributed by atoms with E-state index in [4.69, 9.17) is 9.47 Å². The molecular weight excluding hydrogens is 418 g/mol. The van der Waals surface area contributed by atoms with Gasteiger partial charge in [0.05, 0.1) is 30.3 Å². The van der Waals surface area contributed by atoms with Gasteiger partial charge in [-0.2, -0.15) is 5.10 Å². The lowest BCUT2D eigenvalue weighted by atomic mass is 10.1. The van der Waals surface area contributed by atoms with E-state index in [0.29, 0.717) is 11.3 Å². The number of esters is 1. The molecule has 0 amide bonds. The smallest absolute Gasteiger partial charge is 0.342 e. The number of thiazole rings is 1. The second-order valence-electron chi connectivity index (χ2n) is 5.92. The van der Waals surface area contributed by atoms with Crippen LogP contribution in [0.1, 0.15) is 41.5 Å².